The summed E-state index contributed by atoms with van der Waals surface area (Å²) in [5.74, 6) is 1.12. The molecule has 0 saturated heterocycles. The number of nitrogens with zero attached hydrogens (tertiary/aromatic N) is 4. The van der Waals surface area contributed by atoms with E-state index in [1.165, 1.54) is 0 Å². The minimum Gasteiger partial charge on any atom is -0.495 e. The highest BCUT2D eigenvalue weighted by molar-refractivity contribution is 9.11. The summed E-state index contributed by atoms with van der Waals surface area (Å²) in [6, 6.07) is 3.82. The number of fused-ring (bicyclic) bond motifs is 1. The lowest BCUT2D eigenvalue weighted by atomic mass is 10.3. The maximum Gasteiger partial charge on any atom is 0.207 e. The molecule has 0 aliphatic rings. The topological polar surface area (TPSA) is 70.9 Å². The quantitative estimate of drug-likeness (QED) is 0.698. The molecule has 0 fully saturated rings. The Bertz CT molecular complexity index is 852. The molecule has 0 unspecified atom stereocenters. The zero-order chi connectivity index (χ0) is 15.3. The molecular formula is C13H13Br2N5O. The summed E-state index contributed by atoms with van der Waals surface area (Å²) in [6.07, 6.45) is 0. The fraction of sp³-hybridized carbons (Fsp3) is 0.231. The number of rotatable bonds is 2. The van der Waals surface area contributed by atoms with E-state index in [0.717, 1.165) is 31.5 Å². The number of benzene rings is 1. The molecule has 0 aliphatic carbocycles. The first-order chi connectivity index (χ1) is 9.93. The molecule has 1 aromatic carbocycles. The first-order valence-corrected chi connectivity index (χ1v) is 7.73. The maximum atomic E-state index is 6.10. The average molecular weight is 415 g/mol. The van der Waals surface area contributed by atoms with E-state index in [1.54, 1.807) is 11.8 Å². The molecule has 2 N–H and O–H groups in total. The minimum absolute atomic E-state index is 0.408. The summed E-state index contributed by atoms with van der Waals surface area (Å²) in [7, 11) is 3.50. The van der Waals surface area contributed by atoms with E-state index in [0.29, 0.717) is 11.7 Å². The number of halogens is 2. The van der Waals surface area contributed by atoms with Gasteiger partial charge in [-0.2, -0.15) is 5.10 Å². The molecule has 6 nitrogen and oxygen atoms in total. The fourth-order valence-electron chi connectivity index (χ4n) is 2.37. The second kappa shape index (κ2) is 5.03. The van der Waals surface area contributed by atoms with Crippen LogP contribution in [0, 0.1) is 6.92 Å². The van der Waals surface area contributed by atoms with Crippen LogP contribution < -0.4 is 10.5 Å². The molecule has 0 saturated carbocycles. The predicted molar refractivity (Wildman–Crippen MR) is 88.9 cm³/mol. The van der Waals surface area contributed by atoms with Crippen LogP contribution in [-0.4, -0.2) is 26.4 Å². The van der Waals surface area contributed by atoms with Gasteiger partial charge in [0.25, 0.3) is 0 Å². The number of hydrogen-bond acceptors (Lipinski definition) is 4. The third-order valence-electron chi connectivity index (χ3n) is 3.29. The van der Waals surface area contributed by atoms with Crippen LogP contribution in [0.2, 0.25) is 0 Å². The average Bonchev–Trinajstić information content (AvgIpc) is 2.89. The fourth-order valence-corrected chi connectivity index (χ4v) is 3.71. The molecule has 3 aromatic rings. The number of imidazole rings is 1. The van der Waals surface area contributed by atoms with Crippen LogP contribution in [0.3, 0.4) is 0 Å². The lowest BCUT2D eigenvalue weighted by molar-refractivity contribution is 0.412. The molecule has 3 rings (SSSR count). The van der Waals surface area contributed by atoms with E-state index in [-0.39, 0.29) is 0 Å². The van der Waals surface area contributed by atoms with Gasteiger partial charge in [-0.25, -0.2) is 9.67 Å². The Labute approximate surface area is 138 Å². The normalized spacial score (nSPS) is 11.3. The Morgan fingerprint density at radius 1 is 1.24 bits per heavy atom. The van der Waals surface area contributed by atoms with Crippen molar-refractivity contribution < 1.29 is 4.74 Å². The van der Waals surface area contributed by atoms with E-state index >= 15 is 0 Å². The second-order valence-electron chi connectivity index (χ2n) is 4.62. The standard InChI is InChI=1S/C13H13Br2N5O/c1-6-11-12(19(2)18-6)20(13(16)17-11)9-5-10(21-3)8(15)4-7(9)14/h4-5H,1-3H3,(H2,16,17). The van der Waals surface area contributed by atoms with E-state index in [9.17, 15) is 0 Å². The molecule has 2 aromatic heterocycles. The van der Waals surface area contributed by atoms with Crippen LogP contribution in [0.15, 0.2) is 21.1 Å². The van der Waals surface area contributed by atoms with Crippen molar-refractivity contribution in [2.24, 2.45) is 7.05 Å². The van der Waals surface area contributed by atoms with Crippen molar-refractivity contribution in [3.8, 4) is 11.4 Å². The molecule has 0 aliphatic heterocycles. The molecule has 110 valence electrons. The minimum atomic E-state index is 0.408. The first kappa shape index (κ1) is 14.4. The molecule has 0 radical (unpaired) electrons. The monoisotopic (exact) mass is 413 g/mol. The molecule has 21 heavy (non-hydrogen) atoms. The summed E-state index contributed by atoms with van der Waals surface area (Å²) < 4.78 is 10.7. The van der Waals surface area contributed by atoms with Crippen molar-refractivity contribution in [1.82, 2.24) is 19.3 Å². The van der Waals surface area contributed by atoms with Gasteiger partial charge in [-0.05, 0) is 44.8 Å². The number of hydrogen-bond donors (Lipinski definition) is 1. The Morgan fingerprint density at radius 2 is 1.95 bits per heavy atom. The van der Waals surface area contributed by atoms with Crippen LogP contribution in [0.25, 0.3) is 16.9 Å². The molecule has 2 heterocycles. The van der Waals surface area contributed by atoms with Gasteiger partial charge in [-0.3, -0.25) is 4.57 Å². The van der Waals surface area contributed by atoms with Gasteiger partial charge < -0.3 is 10.5 Å². The van der Waals surface area contributed by atoms with Gasteiger partial charge in [0, 0.05) is 17.6 Å². The molecular weight excluding hydrogens is 402 g/mol. The Kier molecular flexibility index (Phi) is 3.45. The summed E-state index contributed by atoms with van der Waals surface area (Å²) >= 11 is 7.03. The summed E-state index contributed by atoms with van der Waals surface area (Å²) in [5, 5.41) is 4.39. The molecule has 0 bridgehead atoms. The highest BCUT2D eigenvalue weighted by Crippen LogP contribution is 2.36. The van der Waals surface area contributed by atoms with Gasteiger partial charge in [0.05, 0.1) is 23.0 Å². The van der Waals surface area contributed by atoms with Gasteiger partial charge in [0.15, 0.2) is 5.65 Å². The van der Waals surface area contributed by atoms with Crippen molar-refractivity contribution >= 4 is 49.0 Å². The van der Waals surface area contributed by atoms with Crippen LogP contribution in [0.1, 0.15) is 5.69 Å². The molecule has 0 spiro atoms. The lowest BCUT2D eigenvalue weighted by Crippen LogP contribution is -2.06. The highest BCUT2D eigenvalue weighted by Gasteiger charge is 2.19. The van der Waals surface area contributed by atoms with Crippen molar-refractivity contribution in [1.29, 1.82) is 0 Å². The van der Waals surface area contributed by atoms with E-state index in [4.69, 9.17) is 10.5 Å². The summed E-state index contributed by atoms with van der Waals surface area (Å²) in [6.45, 7) is 1.91. The number of nitrogen functional groups attached to an aromatic ring is 1. The third kappa shape index (κ3) is 2.13. The molecule has 8 heteroatoms. The van der Waals surface area contributed by atoms with Gasteiger partial charge in [0.1, 0.15) is 11.3 Å². The van der Waals surface area contributed by atoms with Crippen molar-refractivity contribution in [2.75, 3.05) is 12.8 Å². The SMILES string of the molecule is COc1cc(-n2c(N)nc3c(C)nn(C)c32)c(Br)cc1Br. The van der Waals surface area contributed by atoms with Crippen LogP contribution in [0.4, 0.5) is 5.95 Å². The van der Waals surface area contributed by atoms with Gasteiger partial charge in [-0.1, -0.05) is 0 Å². The maximum absolute atomic E-state index is 6.10. The zero-order valence-electron chi connectivity index (χ0n) is 11.7. The van der Waals surface area contributed by atoms with E-state index < -0.39 is 0 Å². The number of aryl methyl sites for hydroxylation is 2. The second-order valence-corrected chi connectivity index (χ2v) is 6.33. The number of anilines is 1. The van der Waals surface area contributed by atoms with Crippen LogP contribution in [-0.2, 0) is 7.05 Å². The Balaban J connectivity index is 2.37. The lowest BCUT2D eigenvalue weighted by Gasteiger charge is -2.12. The van der Waals surface area contributed by atoms with E-state index in [2.05, 4.69) is 41.9 Å². The largest absolute Gasteiger partial charge is 0.495 e. The van der Waals surface area contributed by atoms with Gasteiger partial charge in [-0.15, -0.1) is 0 Å². The number of aromatic nitrogens is 4. The summed E-state index contributed by atoms with van der Waals surface area (Å²) in [4.78, 5) is 4.41. The Morgan fingerprint density at radius 3 is 2.62 bits per heavy atom. The number of nitrogens with two attached hydrogens (primary N) is 1. The highest BCUT2D eigenvalue weighted by atomic mass is 79.9. The Hall–Kier alpha value is -1.54. The zero-order valence-corrected chi connectivity index (χ0v) is 14.9. The number of methoxy groups -OCH3 is 1. The molecule has 0 atom stereocenters. The smallest absolute Gasteiger partial charge is 0.207 e. The van der Waals surface area contributed by atoms with Crippen LogP contribution >= 0.6 is 31.9 Å². The van der Waals surface area contributed by atoms with E-state index in [1.807, 2.05) is 30.7 Å². The van der Waals surface area contributed by atoms with Crippen molar-refractivity contribution in [3.05, 3.63) is 26.8 Å². The molecule has 0 amide bonds. The van der Waals surface area contributed by atoms with Crippen LogP contribution in [0.5, 0.6) is 5.75 Å². The van der Waals surface area contributed by atoms with Gasteiger partial charge in [0.2, 0.25) is 5.95 Å². The van der Waals surface area contributed by atoms with Crippen molar-refractivity contribution in [3.63, 3.8) is 0 Å². The summed E-state index contributed by atoms with van der Waals surface area (Å²) in [5.41, 5.74) is 9.43. The third-order valence-corrected chi connectivity index (χ3v) is 4.55. The predicted octanol–water partition coefficient (Wildman–Crippen LogP) is 3.18. The van der Waals surface area contributed by atoms with Gasteiger partial charge >= 0.3 is 0 Å². The first-order valence-electron chi connectivity index (χ1n) is 6.15. The van der Waals surface area contributed by atoms with Crippen molar-refractivity contribution in [2.45, 2.75) is 6.92 Å². The number of ether oxygens (including phenoxy) is 1.